The second kappa shape index (κ2) is 11.3. The lowest BCUT2D eigenvalue weighted by Crippen LogP contribution is -2.37. The Hall–Kier alpha value is -3.11. The maximum Gasteiger partial charge on any atom is 0.260 e. The molecule has 1 amide bonds. The molecule has 1 aliphatic heterocycles. The molecule has 1 aliphatic rings. The molecule has 1 atom stereocenters. The van der Waals surface area contributed by atoms with Crippen molar-refractivity contribution in [1.82, 2.24) is 9.29 Å². The summed E-state index contributed by atoms with van der Waals surface area (Å²) in [4.78, 5) is 20.3. The van der Waals surface area contributed by atoms with Gasteiger partial charge in [0.05, 0.1) is 27.8 Å². The minimum atomic E-state index is -3.73. The third kappa shape index (κ3) is 5.66. The minimum absolute atomic E-state index is 0.0524. The topological polar surface area (TPSA) is 79.8 Å². The quantitative estimate of drug-likeness (QED) is 0.270. The molecule has 1 fully saturated rings. The first-order chi connectivity index (χ1) is 18.3. The number of hydrogen-bond acceptors (Lipinski definition) is 6. The average Bonchev–Trinajstić information content (AvgIpc) is 3.60. The maximum atomic E-state index is 13.7. The van der Waals surface area contributed by atoms with Gasteiger partial charge in [-0.05, 0) is 67.3 Å². The molecule has 9 heteroatoms. The number of thiazole rings is 1. The first kappa shape index (κ1) is 26.5. The molecule has 198 valence electrons. The fraction of sp³-hybridized carbons (Fsp3) is 0.310. The summed E-state index contributed by atoms with van der Waals surface area (Å²) in [6.45, 7) is 5.56. The molecule has 5 rings (SSSR count). The fourth-order valence-corrected chi connectivity index (χ4v) is 7.11. The molecule has 0 radical (unpaired) electrons. The first-order valence-electron chi connectivity index (χ1n) is 12.8. The molecular formula is C29H31N3O4S2. The smallest absolute Gasteiger partial charge is 0.260 e. The molecule has 1 unspecified atom stereocenters. The number of aromatic nitrogens is 1. The predicted molar refractivity (Wildman–Crippen MR) is 151 cm³/mol. The molecule has 1 saturated heterocycles. The number of nitrogens with zero attached hydrogens (tertiary/aromatic N) is 3. The van der Waals surface area contributed by atoms with Gasteiger partial charge in [0.1, 0.15) is 0 Å². The molecule has 4 aromatic rings. The Morgan fingerprint density at radius 2 is 1.84 bits per heavy atom. The summed E-state index contributed by atoms with van der Waals surface area (Å²) in [6, 6.07) is 21.8. The van der Waals surface area contributed by atoms with Crippen molar-refractivity contribution in [2.45, 2.75) is 44.2 Å². The van der Waals surface area contributed by atoms with Crippen molar-refractivity contribution in [2.24, 2.45) is 0 Å². The van der Waals surface area contributed by atoms with Crippen LogP contribution in [0.4, 0.5) is 5.13 Å². The van der Waals surface area contributed by atoms with Gasteiger partial charge in [0.15, 0.2) is 5.13 Å². The number of anilines is 1. The van der Waals surface area contributed by atoms with Gasteiger partial charge in [-0.25, -0.2) is 13.4 Å². The van der Waals surface area contributed by atoms with E-state index >= 15 is 0 Å². The van der Waals surface area contributed by atoms with Crippen molar-refractivity contribution in [2.75, 3.05) is 24.6 Å². The van der Waals surface area contributed by atoms with E-state index in [4.69, 9.17) is 9.72 Å². The zero-order valence-electron chi connectivity index (χ0n) is 21.5. The molecule has 0 N–H and O–H groups in total. The Morgan fingerprint density at radius 3 is 2.53 bits per heavy atom. The summed E-state index contributed by atoms with van der Waals surface area (Å²) in [5, 5.41) is 0.614. The van der Waals surface area contributed by atoms with Crippen molar-refractivity contribution < 1.29 is 17.9 Å². The van der Waals surface area contributed by atoms with Crippen molar-refractivity contribution in [1.29, 1.82) is 0 Å². The van der Waals surface area contributed by atoms with E-state index in [0.29, 0.717) is 30.4 Å². The van der Waals surface area contributed by atoms with E-state index in [9.17, 15) is 13.2 Å². The highest BCUT2D eigenvalue weighted by Crippen LogP contribution is 2.32. The largest absolute Gasteiger partial charge is 0.376 e. The van der Waals surface area contributed by atoms with Crippen LogP contribution >= 0.6 is 11.3 Å². The first-order valence-corrected chi connectivity index (χ1v) is 15.1. The number of rotatable bonds is 9. The van der Waals surface area contributed by atoms with E-state index in [-0.39, 0.29) is 23.5 Å². The van der Waals surface area contributed by atoms with Crippen LogP contribution in [0.25, 0.3) is 10.2 Å². The number of hydrogen-bond donors (Lipinski definition) is 0. The van der Waals surface area contributed by atoms with E-state index in [1.165, 1.54) is 27.8 Å². The molecule has 38 heavy (non-hydrogen) atoms. The number of sulfonamides is 1. The summed E-state index contributed by atoms with van der Waals surface area (Å²) >= 11 is 1.48. The van der Waals surface area contributed by atoms with Gasteiger partial charge < -0.3 is 4.74 Å². The third-order valence-corrected chi connectivity index (χ3v) is 9.69. The van der Waals surface area contributed by atoms with Gasteiger partial charge in [0.25, 0.3) is 5.91 Å². The van der Waals surface area contributed by atoms with Gasteiger partial charge in [0.2, 0.25) is 10.0 Å². The highest BCUT2D eigenvalue weighted by Gasteiger charge is 2.28. The zero-order chi connectivity index (χ0) is 26.7. The molecule has 3 aromatic carbocycles. The number of fused-ring (bicyclic) bond motifs is 1. The second-order valence-electron chi connectivity index (χ2n) is 9.46. The molecule has 0 aliphatic carbocycles. The van der Waals surface area contributed by atoms with Crippen LogP contribution in [0, 0.1) is 6.92 Å². The van der Waals surface area contributed by atoms with Crippen LogP contribution in [-0.2, 0) is 21.3 Å². The lowest BCUT2D eigenvalue weighted by Gasteiger charge is -2.23. The number of ether oxygens (including phenoxy) is 1. The van der Waals surface area contributed by atoms with Crippen LogP contribution in [0.15, 0.2) is 77.7 Å². The second-order valence-corrected chi connectivity index (χ2v) is 12.4. The van der Waals surface area contributed by atoms with E-state index < -0.39 is 10.0 Å². The fourth-order valence-electron chi connectivity index (χ4n) is 4.60. The van der Waals surface area contributed by atoms with Crippen molar-refractivity contribution >= 4 is 42.6 Å². The summed E-state index contributed by atoms with van der Waals surface area (Å²) in [7, 11) is -3.73. The van der Waals surface area contributed by atoms with Gasteiger partial charge in [-0.2, -0.15) is 4.31 Å². The lowest BCUT2D eigenvalue weighted by molar-refractivity contribution is 0.0917. The Kier molecular flexibility index (Phi) is 7.90. The Bertz CT molecular complexity index is 1510. The number of benzene rings is 3. The van der Waals surface area contributed by atoms with E-state index in [2.05, 4.69) is 6.07 Å². The summed E-state index contributed by atoms with van der Waals surface area (Å²) in [6.07, 6.45) is 1.80. The van der Waals surface area contributed by atoms with Crippen molar-refractivity contribution in [3.63, 3.8) is 0 Å². The third-order valence-electron chi connectivity index (χ3n) is 6.71. The average molecular weight is 550 g/mol. The van der Waals surface area contributed by atoms with Gasteiger partial charge >= 0.3 is 0 Å². The van der Waals surface area contributed by atoms with Crippen LogP contribution in [0.3, 0.4) is 0 Å². The van der Waals surface area contributed by atoms with E-state index in [1.807, 2.05) is 56.3 Å². The minimum Gasteiger partial charge on any atom is -0.376 e. The van der Waals surface area contributed by atoms with Crippen molar-refractivity contribution in [3.8, 4) is 0 Å². The molecule has 0 saturated carbocycles. The molecule has 0 bridgehead atoms. The Labute approximate surface area is 227 Å². The van der Waals surface area contributed by atoms with Crippen LogP contribution in [0.2, 0.25) is 0 Å². The number of aryl methyl sites for hydroxylation is 1. The highest BCUT2D eigenvalue weighted by molar-refractivity contribution is 7.89. The SMILES string of the molecule is CCN(Cc1ccccc1)S(=O)(=O)c1ccc(C(=O)N(CC2CCCO2)c2nc3ccc(C)cc3s2)cc1. The maximum absolute atomic E-state index is 13.7. The van der Waals surface area contributed by atoms with Crippen LogP contribution in [-0.4, -0.2) is 49.4 Å². The molecule has 1 aromatic heterocycles. The number of carbonyl (C=O) groups excluding carboxylic acids is 1. The molecular weight excluding hydrogens is 518 g/mol. The lowest BCUT2D eigenvalue weighted by atomic mass is 10.2. The monoisotopic (exact) mass is 549 g/mol. The van der Waals surface area contributed by atoms with E-state index in [1.54, 1.807) is 17.0 Å². The van der Waals surface area contributed by atoms with Crippen molar-refractivity contribution in [3.05, 3.63) is 89.5 Å². The van der Waals surface area contributed by atoms with Crippen LogP contribution < -0.4 is 4.90 Å². The van der Waals surface area contributed by atoms with E-state index in [0.717, 1.165) is 34.2 Å². The normalized spacial score (nSPS) is 15.8. The summed E-state index contributed by atoms with van der Waals surface area (Å²) < 4.78 is 35.0. The molecule has 2 heterocycles. The predicted octanol–water partition coefficient (Wildman–Crippen LogP) is 5.64. The van der Waals surface area contributed by atoms with Gasteiger partial charge in [-0.15, -0.1) is 0 Å². The Morgan fingerprint density at radius 1 is 1.08 bits per heavy atom. The Balaban J connectivity index is 1.41. The summed E-state index contributed by atoms with van der Waals surface area (Å²) in [5.74, 6) is -0.225. The highest BCUT2D eigenvalue weighted by atomic mass is 32.2. The van der Waals surface area contributed by atoms with Crippen LogP contribution in [0.1, 0.15) is 41.3 Å². The summed E-state index contributed by atoms with van der Waals surface area (Å²) in [5.41, 5.74) is 3.30. The number of amides is 1. The van der Waals surface area contributed by atoms with Gasteiger partial charge in [-0.3, -0.25) is 9.69 Å². The molecule has 0 spiro atoms. The van der Waals surface area contributed by atoms with Gasteiger partial charge in [0, 0.05) is 25.3 Å². The number of carbonyl (C=O) groups is 1. The van der Waals surface area contributed by atoms with Crippen LogP contribution in [0.5, 0.6) is 0 Å². The zero-order valence-corrected chi connectivity index (χ0v) is 23.2. The molecule has 7 nitrogen and oxygen atoms in total. The standard InChI is InChI=1S/C29H31N3O4S2/c1-3-31(19-22-8-5-4-6-9-22)38(34,35)25-14-12-23(13-15-25)28(33)32(20-24-10-7-17-36-24)29-30-26-16-11-21(2)18-27(26)37-29/h4-6,8-9,11-16,18,24H,3,7,10,17,19-20H2,1-2H3. The van der Waals surface area contributed by atoms with Gasteiger partial charge in [-0.1, -0.05) is 54.7 Å².